The van der Waals surface area contributed by atoms with Gasteiger partial charge < -0.3 is 9.64 Å². The van der Waals surface area contributed by atoms with Crippen LogP contribution in [0.3, 0.4) is 0 Å². The molecule has 1 N–H and O–H groups in total. The van der Waals surface area contributed by atoms with Crippen LogP contribution in [0, 0.1) is 0 Å². The Hall–Kier alpha value is -1.64. The zero-order valence-electron chi connectivity index (χ0n) is 10.3. The molecule has 1 saturated heterocycles. The molecule has 0 aromatic rings. The number of halogens is 3. The van der Waals surface area contributed by atoms with Gasteiger partial charge in [-0.25, -0.2) is 0 Å². The van der Waals surface area contributed by atoms with Gasteiger partial charge in [-0.05, 0) is 13.8 Å². The molecule has 9 heteroatoms. The lowest BCUT2D eigenvalue weighted by molar-refractivity contribution is -0.180. The van der Waals surface area contributed by atoms with E-state index in [0.29, 0.717) is 0 Å². The van der Waals surface area contributed by atoms with E-state index in [9.17, 15) is 27.6 Å². The summed E-state index contributed by atoms with van der Waals surface area (Å²) in [4.78, 5) is 35.3. The van der Waals surface area contributed by atoms with Crippen LogP contribution in [0.2, 0.25) is 0 Å². The standard InChI is InChI=1S/C10H13F3N2O4/c1-9(2)8(18)14-6(16)3-15(9)7(17)4-19-5-10(11,12)13/h3-5H2,1-2H3,(H,14,16,18). The quantitative estimate of drug-likeness (QED) is 0.729. The fourth-order valence-corrected chi connectivity index (χ4v) is 1.51. The molecular formula is C10H13F3N2O4. The number of carbonyl (C=O) groups is 3. The number of piperazine rings is 1. The van der Waals surface area contributed by atoms with Crippen LogP contribution in [0.4, 0.5) is 13.2 Å². The summed E-state index contributed by atoms with van der Waals surface area (Å²) in [6.45, 7) is -0.0313. The maximum atomic E-state index is 11.9. The smallest absolute Gasteiger partial charge is 0.362 e. The molecule has 0 spiro atoms. The maximum Gasteiger partial charge on any atom is 0.411 e. The number of hydrogen-bond donors (Lipinski definition) is 1. The number of alkyl halides is 3. The molecule has 1 rings (SSSR count). The van der Waals surface area contributed by atoms with Gasteiger partial charge in [0, 0.05) is 0 Å². The van der Waals surface area contributed by atoms with E-state index in [1.54, 1.807) is 0 Å². The van der Waals surface area contributed by atoms with E-state index in [-0.39, 0.29) is 0 Å². The lowest BCUT2D eigenvalue weighted by atomic mass is 9.99. The molecule has 1 heterocycles. The highest BCUT2D eigenvalue weighted by Gasteiger charge is 2.43. The van der Waals surface area contributed by atoms with E-state index < -0.39 is 49.2 Å². The Morgan fingerprint density at radius 1 is 1.42 bits per heavy atom. The second-order valence-electron chi connectivity index (χ2n) is 4.52. The van der Waals surface area contributed by atoms with Gasteiger partial charge in [0.1, 0.15) is 25.3 Å². The van der Waals surface area contributed by atoms with Crippen molar-refractivity contribution in [2.24, 2.45) is 0 Å². The van der Waals surface area contributed by atoms with Gasteiger partial charge in [0.25, 0.3) is 5.91 Å². The molecule has 6 nitrogen and oxygen atoms in total. The topological polar surface area (TPSA) is 75.7 Å². The predicted octanol–water partition coefficient (Wildman–Crippen LogP) is -0.171. The Balaban J connectivity index is 2.64. The summed E-state index contributed by atoms with van der Waals surface area (Å²) in [7, 11) is 0. The molecule has 0 atom stereocenters. The van der Waals surface area contributed by atoms with Crippen molar-refractivity contribution in [3.63, 3.8) is 0 Å². The molecule has 19 heavy (non-hydrogen) atoms. The number of nitrogens with one attached hydrogen (secondary N) is 1. The summed E-state index contributed by atoms with van der Waals surface area (Å²) in [5, 5.41) is 2.04. The third kappa shape index (κ3) is 3.91. The first-order valence-corrected chi connectivity index (χ1v) is 5.33. The Labute approximate surface area is 106 Å². The first kappa shape index (κ1) is 15.4. The summed E-state index contributed by atoms with van der Waals surface area (Å²) >= 11 is 0. The number of amides is 3. The molecule has 0 aromatic carbocycles. The number of carbonyl (C=O) groups excluding carboxylic acids is 3. The fraction of sp³-hybridized carbons (Fsp3) is 0.700. The van der Waals surface area contributed by atoms with Crippen LogP contribution in [-0.4, -0.2) is 54.1 Å². The van der Waals surface area contributed by atoms with Crippen LogP contribution in [0.1, 0.15) is 13.8 Å². The van der Waals surface area contributed by atoms with Gasteiger partial charge in [0.15, 0.2) is 0 Å². The Kier molecular flexibility index (Phi) is 4.18. The van der Waals surface area contributed by atoms with Crippen molar-refractivity contribution in [1.29, 1.82) is 0 Å². The van der Waals surface area contributed by atoms with Crippen molar-refractivity contribution in [3.05, 3.63) is 0 Å². The van der Waals surface area contributed by atoms with E-state index in [4.69, 9.17) is 0 Å². The first-order valence-electron chi connectivity index (χ1n) is 5.33. The van der Waals surface area contributed by atoms with Crippen molar-refractivity contribution in [2.45, 2.75) is 25.6 Å². The number of nitrogens with zero attached hydrogens (tertiary/aromatic N) is 1. The van der Waals surface area contributed by atoms with Crippen LogP contribution in [-0.2, 0) is 19.1 Å². The van der Waals surface area contributed by atoms with E-state index >= 15 is 0 Å². The Morgan fingerprint density at radius 2 is 2.00 bits per heavy atom. The normalized spacial score (nSPS) is 19.3. The molecule has 1 fully saturated rings. The lowest BCUT2D eigenvalue weighted by Crippen LogP contribution is -2.66. The van der Waals surface area contributed by atoms with Crippen molar-refractivity contribution in [1.82, 2.24) is 10.2 Å². The van der Waals surface area contributed by atoms with Gasteiger partial charge >= 0.3 is 6.18 Å². The molecule has 0 radical (unpaired) electrons. The van der Waals surface area contributed by atoms with Gasteiger partial charge in [-0.2, -0.15) is 13.2 Å². The van der Waals surface area contributed by atoms with Crippen LogP contribution in [0.5, 0.6) is 0 Å². The fourth-order valence-electron chi connectivity index (χ4n) is 1.51. The molecule has 3 amide bonds. The third-order valence-electron chi connectivity index (χ3n) is 2.58. The highest BCUT2D eigenvalue weighted by Crippen LogP contribution is 2.19. The predicted molar refractivity (Wildman–Crippen MR) is 55.8 cm³/mol. The Bertz CT molecular complexity index is 406. The van der Waals surface area contributed by atoms with Crippen molar-refractivity contribution >= 4 is 17.7 Å². The van der Waals surface area contributed by atoms with E-state index in [1.807, 2.05) is 5.32 Å². The summed E-state index contributed by atoms with van der Waals surface area (Å²) < 4.78 is 39.8. The monoisotopic (exact) mass is 282 g/mol. The average molecular weight is 282 g/mol. The largest absolute Gasteiger partial charge is 0.411 e. The number of rotatable bonds is 3. The third-order valence-corrected chi connectivity index (χ3v) is 2.58. The molecule has 0 aromatic heterocycles. The van der Waals surface area contributed by atoms with Gasteiger partial charge in [-0.15, -0.1) is 0 Å². The highest BCUT2D eigenvalue weighted by atomic mass is 19.4. The molecule has 108 valence electrons. The van der Waals surface area contributed by atoms with Crippen LogP contribution < -0.4 is 5.32 Å². The molecule has 1 aliphatic heterocycles. The molecule has 0 saturated carbocycles. The molecule has 0 unspecified atom stereocenters. The number of ether oxygens (including phenoxy) is 1. The van der Waals surface area contributed by atoms with Gasteiger partial charge in [-0.3, -0.25) is 19.7 Å². The summed E-state index contributed by atoms with van der Waals surface area (Å²) in [5.74, 6) is -2.22. The minimum absolute atomic E-state index is 0.396. The summed E-state index contributed by atoms with van der Waals surface area (Å²) in [6, 6.07) is 0. The SMILES string of the molecule is CC1(C)C(=O)NC(=O)CN1C(=O)COCC(F)(F)F. The van der Waals surface area contributed by atoms with Crippen molar-refractivity contribution in [2.75, 3.05) is 19.8 Å². The average Bonchev–Trinajstić information content (AvgIpc) is 2.21. The lowest BCUT2D eigenvalue weighted by Gasteiger charge is -2.40. The summed E-state index contributed by atoms with van der Waals surface area (Å²) in [5.41, 5.74) is -1.31. The first-order chi connectivity index (χ1) is 8.54. The zero-order chi connectivity index (χ0) is 14.8. The number of imide groups is 1. The number of hydrogen-bond acceptors (Lipinski definition) is 4. The van der Waals surface area contributed by atoms with Crippen molar-refractivity contribution < 1.29 is 32.3 Å². The second kappa shape index (κ2) is 5.16. The minimum Gasteiger partial charge on any atom is -0.362 e. The Morgan fingerprint density at radius 3 is 2.53 bits per heavy atom. The van der Waals surface area contributed by atoms with E-state index in [2.05, 4.69) is 4.74 Å². The second-order valence-corrected chi connectivity index (χ2v) is 4.52. The van der Waals surface area contributed by atoms with E-state index in [0.717, 1.165) is 4.90 Å². The van der Waals surface area contributed by atoms with Crippen LogP contribution >= 0.6 is 0 Å². The maximum absolute atomic E-state index is 11.9. The molecule has 0 aliphatic carbocycles. The van der Waals surface area contributed by atoms with Crippen LogP contribution in [0.15, 0.2) is 0 Å². The van der Waals surface area contributed by atoms with E-state index in [1.165, 1.54) is 13.8 Å². The highest BCUT2D eigenvalue weighted by molar-refractivity contribution is 6.06. The van der Waals surface area contributed by atoms with Gasteiger partial charge in [-0.1, -0.05) is 0 Å². The molecule has 0 bridgehead atoms. The molecular weight excluding hydrogens is 269 g/mol. The van der Waals surface area contributed by atoms with Gasteiger partial charge in [0.2, 0.25) is 11.8 Å². The molecule has 1 aliphatic rings. The minimum atomic E-state index is -4.54. The van der Waals surface area contributed by atoms with Crippen LogP contribution in [0.25, 0.3) is 0 Å². The summed E-state index contributed by atoms with van der Waals surface area (Å²) in [6.07, 6.45) is -4.54. The van der Waals surface area contributed by atoms with Crippen molar-refractivity contribution in [3.8, 4) is 0 Å². The zero-order valence-corrected chi connectivity index (χ0v) is 10.3. The van der Waals surface area contributed by atoms with Gasteiger partial charge in [0.05, 0.1) is 0 Å².